The van der Waals surface area contributed by atoms with Gasteiger partial charge in [0.05, 0.1) is 11.3 Å². The van der Waals surface area contributed by atoms with Crippen LogP contribution in [0.2, 0.25) is 0 Å². The van der Waals surface area contributed by atoms with Crippen LogP contribution in [0, 0.1) is 0 Å². The molecule has 172 valence electrons. The van der Waals surface area contributed by atoms with Crippen molar-refractivity contribution in [3.8, 4) is 0 Å². The summed E-state index contributed by atoms with van der Waals surface area (Å²) < 4.78 is 49.7. The number of alkyl carbamates (subject to hydrolysis) is 1. The number of hydrogen-bond acceptors (Lipinski definition) is 5. The lowest BCUT2D eigenvalue weighted by Gasteiger charge is -2.33. The summed E-state index contributed by atoms with van der Waals surface area (Å²) in [7, 11) is 0. The van der Waals surface area contributed by atoms with Crippen molar-refractivity contribution in [2.24, 2.45) is 0 Å². The fourth-order valence-electron chi connectivity index (χ4n) is 3.82. The third kappa shape index (κ3) is 5.21. The molecule has 4 rings (SSSR count). The maximum atomic E-state index is 13.0. The van der Waals surface area contributed by atoms with Crippen LogP contribution in [0.1, 0.15) is 48.4 Å². The third-order valence-corrected chi connectivity index (χ3v) is 5.61. The van der Waals surface area contributed by atoms with E-state index in [1.54, 1.807) is 6.07 Å². The molecule has 1 aromatic carbocycles. The molecular formula is C21H23F3N4O4. The highest BCUT2D eigenvalue weighted by Crippen LogP contribution is 2.38. The minimum Gasteiger partial charge on any atom is -0.446 e. The number of anilines is 1. The van der Waals surface area contributed by atoms with Gasteiger partial charge in [-0.05, 0) is 37.3 Å². The lowest BCUT2D eigenvalue weighted by Crippen LogP contribution is -2.36. The van der Waals surface area contributed by atoms with E-state index in [2.05, 4.69) is 20.8 Å². The van der Waals surface area contributed by atoms with Crippen LogP contribution in [0.5, 0.6) is 0 Å². The van der Waals surface area contributed by atoms with Crippen molar-refractivity contribution in [3.05, 3.63) is 47.2 Å². The molecule has 8 nitrogen and oxygen atoms in total. The smallest absolute Gasteiger partial charge is 0.416 e. The maximum Gasteiger partial charge on any atom is 0.416 e. The van der Waals surface area contributed by atoms with Gasteiger partial charge in [0.25, 0.3) is 5.91 Å². The van der Waals surface area contributed by atoms with Crippen molar-refractivity contribution in [1.82, 2.24) is 15.5 Å². The zero-order chi connectivity index (χ0) is 22.7. The Morgan fingerprint density at radius 2 is 2.03 bits per heavy atom. The number of H-pyrrole nitrogens is 1. The Kier molecular flexibility index (Phi) is 6.35. The Bertz CT molecular complexity index is 966. The number of nitrogens with one attached hydrogen (secondary N) is 3. The van der Waals surface area contributed by atoms with Crippen LogP contribution in [-0.4, -0.2) is 41.0 Å². The molecule has 1 aliphatic heterocycles. The van der Waals surface area contributed by atoms with Crippen molar-refractivity contribution < 1.29 is 32.2 Å². The molecule has 0 spiro atoms. The molecule has 1 saturated heterocycles. The zero-order valence-electron chi connectivity index (χ0n) is 17.1. The number of aromatic nitrogens is 2. The predicted octanol–water partition coefficient (Wildman–Crippen LogP) is 3.72. The van der Waals surface area contributed by atoms with E-state index >= 15 is 0 Å². The number of aromatic amines is 1. The number of alkyl halides is 3. The quantitative estimate of drug-likeness (QED) is 0.620. The molecule has 1 atom stereocenters. The molecule has 1 aliphatic carbocycles. The Hall–Kier alpha value is -3.08. The second-order valence-electron chi connectivity index (χ2n) is 7.90. The fourth-order valence-corrected chi connectivity index (χ4v) is 3.82. The van der Waals surface area contributed by atoms with E-state index in [4.69, 9.17) is 9.47 Å². The number of carbonyl (C=O) groups is 2. The number of ether oxygens (including phenoxy) is 2. The van der Waals surface area contributed by atoms with Gasteiger partial charge in [0.15, 0.2) is 0 Å². The molecule has 2 heterocycles. The van der Waals surface area contributed by atoms with E-state index in [1.807, 2.05) is 0 Å². The molecule has 2 aromatic rings. The molecular weight excluding hydrogens is 429 g/mol. The number of nitrogens with zero attached hydrogens (tertiary/aromatic N) is 1. The second-order valence-corrected chi connectivity index (χ2v) is 7.90. The molecule has 0 radical (unpaired) electrons. The normalized spacial score (nSPS) is 22.8. The van der Waals surface area contributed by atoms with Gasteiger partial charge in [0, 0.05) is 25.1 Å². The van der Waals surface area contributed by atoms with Crippen molar-refractivity contribution in [1.29, 1.82) is 0 Å². The van der Waals surface area contributed by atoms with Gasteiger partial charge in [-0.3, -0.25) is 9.89 Å². The van der Waals surface area contributed by atoms with Crippen LogP contribution in [0.15, 0.2) is 30.3 Å². The molecule has 0 unspecified atom stereocenters. The molecule has 32 heavy (non-hydrogen) atoms. The van der Waals surface area contributed by atoms with Gasteiger partial charge in [0.1, 0.15) is 18.0 Å². The average molecular weight is 452 g/mol. The molecule has 2 fully saturated rings. The summed E-state index contributed by atoms with van der Waals surface area (Å²) in [5, 5.41) is 12.1. The minimum atomic E-state index is -4.49. The number of halogens is 3. The highest BCUT2D eigenvalue weighted by Gasteiger charge is 2.36. The van der Waals surface area contributed by atoms with Crippen LogP contribution >= 0.6 is 0 Å². The molecule has 0 bridgehead atoms. The number of amides is 2. The molecule has 1 aromatic heterocycles. The summed E-state index contributed by atoms with van der Waals surface area (Å²) in [6.07, 6.45) is -3.42. The Balaban J connectivity index is 1.21. The number of carbonyl (C=O) groups excluding carboxylic acids is 2. The first-order valence-corrected chi connectivity index (χ1v) is 10.4. The summed E-state index contributed by atoms with van der Waals surface area (Å²) in [5.74, 6) is 0.325. The second kappa shape index (κ2) is 9.19. The standard InChI is InChI=1S/C21H23F3N4O4/c22-21(23,24)15-5-2-1-4-12(15)11-25-20(30)32-14-8-13(9-14)16-10-18(28-27-16)26-19(29)17-6-3-7-31-17/h1-2,4-5,10,13-14,17H,3,6-9,11H2,(H,25,30)(H2,26,27,28,29)/t13-,14+,17-/m1/s1. The van der Waals surface area contributed by atoms with E-state index < -0.39 is 23.9 Å². The van der Waals surface area contributed by atoms with E-state index in [1.165, 1.54) is 18.2 Å². The highest BCUT2D eigenvalue weighted by molar-refractivity contribution is 5.93. The molecule has 2 amide bonds. The largest absolute Gasteiger partial charge is 0.446 e. The van der Waals surface area contributed by atoms with Gasteiger partial charge in [-0.1, -0.05) is 18.2 Å². The third-order valence-electron chi connectivity index (χ3n) is 5.61. The van der Waals surface area contributed by atoms with Crippen LogP contribution in [0.3, 0.4) is 0 Å². The van der Waals surface area contributed by atoms with Crippen molar-refractivity contribution in [2.75, 3.05) is 11.9 Å². The molecule has 1 saturated carbocycles. The van der Waals surface area contributed by atoms with Crippen LogP contribution in [0.25, 0.3) is 0 Å². The van der Waals surface area contributed by atoms with E-state index in [-0.39, 0.29) is 30.0 Å². The lowest BCUT2D eigenvalue weighted by molar-refractivity contribution is -0.138. The van der Waals surface area contributed by atoms with Gasteiger partial charge in [-0.2, -0.15) is 18.3 Å². The summed E-state index contributed by atoms with van der Waals surface area (Å²) >= 11 is 0. The Morgan fingerprint density at radius 3 is 2.75 bits per heavy atom. The summed E-state index contributed by atoms with van der Waals surface area (Å²) in [6.45, 7) is 0.302. The summed E-state index contributed by atoms with van der Waals surface area (Å²) in [4.78, 5) is 24.1. The van der Waals surface area contributed by atoms with Crippen molar-refractivity contribution in [2.45, 2.75) is 56.5 Å². The first kappa shape index (κ1) is 22.1. The topological polar surface area (TPSA) is 105 Å². The van der Waals surface area contributed by atoms with E-state index in [0.717, 1.165) is 18.2 Å². The predicted molar refractivity (Wildman–Crippen MR) is 107 cm³/mol. The first-order chi connectivity index (χ1) is 15.3. The monoisotopic (exact) mass is 452 g/mol. The van der Waals surface area contributed by atoms with Gasteiger partial charge in [0.2, 0.25) is 0 Å². The first-order valence-electron chi connectivity index (χ1n) is 10.4. The van der Waals surface area contributed by atoms with Gasteiger partial charge in [-0.15, -0.1) is 0 Å². The van der Waals surface area contributed by atoms with Crippen molar-refractivity contribution >= 4 is 17.8 Å². The molecule has 2 aliphatic rings. The van der Waals surface area contributed by atoms with Crippen LogP contribution < -0.4 is 10.6 Å². The Morgan fingerprint density at radius 1 is 1.25 bits per heavy atom. The van der Waals surface area contributed by atoms with Gasteiger partial charge >= 0.3 is 12.3 Å². The van der Waals surface area contributed by atoms with Crippen LogP contribution in [0.4, 0.5) is 23.8 Å². The van der Waals surface area contributed by atoms with E-state index in [9.17, 15) is 22.8 Å². The number of rotatable bonds is 6. The fraction of sp³-hybridized carbons (Fsp3) is 0.476. The lowest BCUT2D eigenvalue weighted by atomic mass is 9.80. The minimum absolute atomic E-state index is 0.0301. The molecule has 11 heteroatoms. The molecule has 3 N–H and O–H groups in total. The Labute approximate surface area is 181 Å². The number of hydrogen-bond donors (Lipinski definition) is 3. The van der Waals surface area contributed by atoms with Crippen molar-refractivity contribution in [3.63, 3.8) is 0 Å². The summed E-state index contributed by atoms with van der Waals surface area (Å²) in [6, 6.07) is 6.81. The zero-order valence-corrected chi connectivity index (χ0v) is 17.1. The van der Waals surface area contributed by atoms with Gasteiger partial charge < -0.3 is 20.1 Å². The summed E-state index contributed by atoms with van der Waals surface area (Å²) in [5.41, 5.74) is -0.0746. The SMILES string of the molecule is O=C(NCc1ccccc1C(F)(F)F)O[C@H]1C[C@@H](c2cc(NC(=O)[C@H]3CCCO3)[nH]n2)C1. The number of benzene rings is 1. The highest BCUT2D eigenvalue weighted by atomic mass is 19.4. The van der Waals surface area contributed by atoms with Crippen LogP contribution in [-0.2, 0) is 27.0 Å². The van der Waals surface area contributed by atoms with E-state index in [0.29, 0.717) is 31.7 Å². The average Bonchev–Trinajstić information content (AvgIpc) is 3.40. The maximum absolute atomic E-state index is 13.0. The van der Waals surface area contributed by atoms with Gasteiger partial charge in [-0.25, -0.2) is 4.79 Å².